The van der Waals surface area contributed by atoms with Gasteiger partial charge in [0, 0.05) is 12.8 Å². The van der Waals surface area contributed by atoms with E-state index in [0.29, 0.717) is 30.5 Å². The van der Waals surface area contributed by atoms with Crippen molar-refractivity contribution in [3.63, 3.8) is 0 Å². The normalized spacial score (nSPS) is 39.1. The SMILES string of the molecule is C=C1CC(=O)C[C@]2(C)CC[C@@H](C(C)(C)O)C[C@@H]12. The van der Waals surface area contributed by atoms with Gasteiger partial charge < -0.3 is 5.11 Å². The van der Waals surface area contributed by atoms with Crippen LogP contribution in [0, 0.1) is 17.3 Å². The van der Waals surface area contributed by atoms with Gasteiger partial charge in [0.1, 0.15) is 5.78 Å². The molecule has 17 heavy (non-hydrogen) atoms. The third kappa shape index (κ3) is 2.33. The Morgan fingerprint density at radius 3 is 2.71 bits per heavy atom. The summed E-state index contributed by atoms with van der Waals surface area (Å²) in [5.74, 6) is 1.10. The lowest BCUT2D eigenvalue weighted by molar-refractivity contribution is -0.125. The molecule has 2 nitrogen and oxygen atoms in total. The van der Waals surface area contributed by atoms with E-state index in [9.17, 15) is 9.90 Å². The molecule has 0 amide bonds. The van der Waals surface area contributed by atoms with Crippen molar-refractivity contribution >= 4 is 5.78 Å². The van der Waals surface area contributed by atoms with E-state index >= 15 is 0 Å². The highest BCUT2D eigenvalue weighted by molar-refractivity contribution is 5.83. The van der Waals surface area contributed by atoms with E-state index in [2.05, 4.69) is 13.5 Å². The summed E-state index contributed by atoms with van der Waals surface area (Å²) >= 11 is 0. The smallest absolute Gasteiger partial charge is 0.137 e. The molecule has 0 saturated heterocycles. The molecule has 96 valence electrons. The molecule has 0 unspecified atom stereocenters. The molecule has 0 spiro atoms. The Balaban J connectivity index is 2.20. The summed E-state index contributed by atoms with van der Waals surface area (Å²) in [7, 11) is 0. The van der Waals surface area contributed by atoms with Gasteiger partial charge in [0.2, 0.25) is 0 Å². The maximum absolute atomic E-state index is 11.7. The van der Waals surface area contributed by atoms with E-state index in [-0.39, 0.29) is 5.41 Å². The van der Waals surface area contributed by atoms with Crippen LogP contribution in [0.25, 0.3) is 0 Å². The van der Waals surface area contributed by atoms with Crippen molar-refractivity contribution in [3.8, 4) is 0 Å². The zero-order valence-corrected chi connectivity index (χ0v) is 11.3. The van der Waals surface area contributed by atoms with Crippen molar-refractivity contribution in [2.24, 2.45) is 17.3 Å². The first-order chi connectivity index (χ1) is 7.72. The molecule has 0 aromatic carbocycles. The molecule has 0 aliphatic heterocycles. The predicted octanol–water partition coefficient (Wildman–Crippen LogP) is 3.10. The molecule has 2 fully saturated rings. The number of allylic oxidation sites excluding steroid dienone is 1. The van der Waals surface area contributed by atoms with Crippen molar-refractivity contribution in [2.75, 3.05) is 0 Å². The van der Waals surface area contributed by atoms with Gasteiger partial charge in [0.05, 0.1) is 5.60 Å². The van der Waals surface area contributed by atoms with Gasteiger partial charge in [-0.25, -0.2) is 0 Å². The number of hydrogen-bond acceptors (Lipinski definition) is 2. The second kappa shape index (κ2) is 3.94. The minimum absolute atomic E-state index is 0.105. The number of fused-ring (bicyclic) bond motifs is 1. The molecule has 0 bridgehead atoms. The maximum Gasteiger partial charge on any atom is 0.137 e. The highest BCUT2D eigenvalue weighted by atomic mass is 16.3. The van der Waals surface area contributed by atoms with Crippen LogP contribution < -0.4 is 0 Å². The monoisotopic (exact) mass is 236 g/mol. The standard InChI is InChI=1S/C15H24O2/c1-10-7-12(16)9-15(4)6-5-11(8-13(10)15)14(2,3)17/h11,13,17H,1,5-9H2,2-4H3/t11-,13+,15+/m1/s1. The largest absolute Gasteiger partial charge is 0.390 e. The summed E-state index contributed by atoms with van der Waals surface area (Å²) < 4.78 is 0. The third-order valence-corrected chi connectivity index (χ3v) is 4.94. The summed E-state index contributed by atoms with van der Waals surface area (Å²) in [6.07, 6.45) is 4.31. The van der Waals surface area contributed by atoms with E-state index in [1.54, 1.807) is 0 Å². The summed E-state index contributed by atoms with van der Waals surface area (Å²) in [4.78, 5) is 11.7. The minimum Gasteiger partial charge on any atom is -0.390 e. The molecular formula is C15H24O2. The molecular weight excluding hydrogens is 212 g/mol. The molecule has 2 rings (SSSR count). The van der Waals surface area contributed by atoms with Crippen LogP contribution in [0.15, 0.2) is 12.2 Å². The van der Waals surface area contributed by atoms with Gasteiger partial charge in [-0.05, 0) is 50.4 Å². The Morgan fingerprint density at radius 1 is 1.47 bits per heavy atom. The van der Waals surface area contributed by atoms with Crippen LogP contribution in [0.4, 0.5) is 0 Å². The fourth-order valence-electron chi connectivity index (χ4n) is 3.77. The van der Waals surface area contributed by atoms with Crippen molar-refractivity contribution < 1.29 is 9.90 Å². The topological polar surface area (TPSA) is 37.3 Å². The molecule has 2 heteroatoms. The summed E-state index contributed by atoms with van der Waals surface area (Å²) in [6.45, 7) is 10.1. The average molecular weight is 236 g/mol. The Bertz CT molecular complexity index is 350. The maximum atomic E-state index is 11.7. The van der Waals surface area contributed by atoms with E-state index in [1.807, 2.05) is 13.8 Å². The minimum atomic E-state index is -0.608. The van der Waals surface area contributed by atoms with Gasteiger partial charge >= 0.3 is 0 Å². The second-order valence-corrected chi connectivity index (χ2v) is 6.88. The molecule has 0 radical (unpaired) electrons. The number of ketones is 1. The van der Waals surface area contributed by atoms with Gasteiger partial charge in [-0.3, -0.25) is 4.79 Å². The molecule has 3 atom stereocenters. The lowest BCUT2D eigenvalue weighted by Crippen LogP contribution is -2.45. The van der Waals surface area contributed by atoms with Crippen LogP contribution in [-0.2, 0) is 4.79 Å². The number of Topliss-reactive ketones (excluding diaryl/α,β-unsaturated/α-hetero) is 1. The number of carbonyl (C=O) groups excluding carboxylic acids is 1. The molecule has 0 heterocycles. The Morgan fingerprint density at radius 2 is 2.12 bits per heavy atom. The van der Waals surface area contributed by atoms with Gasteiger partial charge in [0.15, 0.2) is 0 Å². The first kappa shape index (κ1) is 12.8. The van der Waals surface area contributed by atoms with Crippen molar-refractivity contribution in [3.05, 3.63) is 12.2 Å². The van der Waals surface area contributed by atoms with Gasteiger partial charge in [-0.15, -0.1) is 0 Å². The summed E-state index contributed by atoms with van der Waals surface area (Å²) in [6, 6.07) is 0. The third-order valence-electron chi connectivity index (χ3n) is 4.94. The molecule has 0 aromatic rings. The van der Waals surface area contributed by atoms with Gasteiger partial charge in [-0.2, -0.15) is 0 Å². The number of carbonyl (C=O) groups is 1. The quantitative estimate of drug-likeness (QED) is 0.710. The molecule has 1 N–H and O–H groups in total. The summed E-state index contributed by atoms with van der Waals surface area (Å²) in [5.41, 5.74) is 0.592. The van der Waals surface area contributed by atoms with Crippen molar-refractivity contribution in [2.45, 2.75) is 58.5 Å². The summed E-state index contributed by atoms with van der Waals surface area (Å²) in [5, 5.41) is 10.2. The molecule has 2 aliphatic carbocycles. The number of rotatable bonds is 1. The van der Waals surface area contributed by atoms with E-state index in [4.69, 9.17) is 0 Å². The van der Waals surface area contributed by atoms with Crippen LogP contribution in [0.2, 0.25) is 0 Å². The zero-order valence-electron chi connectivity index (χ0n) is 11.3. The van der Waals surface area contributed by atoms with Gasteiger partial charge in [0.25, 0.3) is 0 Å². The van der Waals surface area contributed by atoms with E-state index in [1.165, 1.54) is 0 Å². The molecule has 0 aromatic heterocycles. The first-order valence-corrected chi connectivity index (χ1v) is 6.64. The number of hydrogen-bond donors (Lipinski definition) is 1. The highest BCUT2D eigenvalue weighted by Gasteiger charge is 2.47. The lowest BCUT2D eigenvalue weighted by atomic mass is 9.55. The first-order valence-electron chi connectivity index (χ1n) is 6.64. The Kier molecular flexibility index (Phi) is 2.97. The highest BCUT2D eigenvalue weighted by Crippen LogP contribution is 2.53. The van der Waals surface area contributed by atoms with Crippen LogP contribution >= 0.6 is 0 Å². The molecule has 2 saturated carbocycles. The fraction of sp³-hybridized carbons (Fsp3) is 0.800. The second-order valence-electron chi connectivity index (χ2n) is 6.88. The van der Waals surface area contributed by atoms with Crippen molar-refractivity contribution in [1.29, 1.82) is 0 Å². The van der Waals surface area contributed by atoms with Crippen LogP contribution in [0.1, 0.15) is 52.9 Å². The average Bonchev–Trinajstić information content (AvgIpc) is 2.13. The van der Waals surface area contributed by atoms with Crippen LogP contribution in [-0.4, -0.2) is 16.5 Å². The zero-order chi connectivity index (χ0) is 12.8. The van der Waals surface area contributed by atoms with Crippen LogP contribution in [0.3, 0.4) is 0 Å². The molecule has 2 aliphatic rings. The Labute approximate surface area is 104 Å². The lowest BCUT2D eigenvalue weighted by Gasteiger charge is -2.50. The van der Waals surface area contributed by atoms with E-state index in [0.717, 1.165) is 24.8 Å². The van der Waals surface area contributed by atoms with Crippen LogP contribution in [0.5, 0.6) is 0 Å². The fourth-order valence-corrected chi connectivity index (χ4v) is 3.77. The van der Waals surface area contributed by atoms with E-state index < -0.39 is 5.60 Å². The van der Waals surface area contributed by atoms with Crippen molar-refractivity contribution in [1.82, 2.24) is 0 Å². The van der Waals surface area contributed by atoms with Gasteiger partial charge in [-0.1, -0.05) is 19.1 Å². The Hall–Kier alpha value is -0.630. The number of aliphatic hydroxyl groups is 1. The predicted molar refractivity (Wildman–Crippen MR) is 68.6 cm³/mol.